The highest BCUT2D eigenvalue weighted by Crippen LogP contribution is 2.32. The Balaban J connectivity index is 3.26. The molecule has 0 atom stereocenters. The van der Waals surface area contributed by atoms with Gasteiger partial charge >= 0.3 is 6.18 Å². The average Bonchev–Trinajstić information content (AvgIpc) is 1.92. The van der Waals surface area contributed by atoms with Crippen LogP contribution in [0.15, 0.2) is 18.3 Å². The Hall–Kier alpha value is -0.970. The largest absolute Gasteiger partial charge is 0.618 e. The molecule has 0 amide bonds. The number of alkyl halides is 3. The van der Waals surface area contributed by atoms with E-state index < -0.39 is 16.9 Å². The average molecular weight is 198 g/mol. The molecule has 0 aliphatic heterocycles. The third-order valence-electron chi connectivity index (χ3n) is 1.21. The fourth-order valence-corrected chi connectivity index (χ4v) is 0.908. The van der Waals surface area contributed by atoms with Gasteiger partial charge in [0.25, 0.3) is 5.15 Å². The van der Waals surface area contributed by atoms with Gasteiger partial charge in [-0.25, -0.2) is 0 Å². The molecule has 0 saturated heterocycles. The smallest absolute Gasteiger partial charge is 0.423 e. The lowest BCUT2D eigenvalue weighted by atomic mass is 10.3. The van der Waals surface area contributed by atoms with E-state index in [-0.39, 0.29) is 4.73 Å². The van der Waals surface area contributed by atoms with E-state index in [1.54, 1.807) is 0 Å². The van der Waals surface area contributed by atoms with Crippen molar-refractivity contribution in [2.24, 2.45) is 0 Å². The van der Waals surface area contributed by atoms with Crippen molar-refractivity contribution in [2.45, 2.75) is 6.18 Å². The molecule has 0 unspecified atom stereocenters. The topological polar surface area (TPSA) is 26.9 Å². The Morgan fingerprint density at radius 3 is 2.42 bits per heavy atom. The molecule has 2 nitrogen and oxygen atoms in total. The van der Waals surface area contributed by atoms with Crippen LogP contribution in [-0.2, 0) is 6.18 Å². The minimum Gasteiger partial charge on any atom is -0.618 e. The summed E-state index contributed by atoms with van der Waals surface area (Å²) in [5, 5.41) is 9.71. The summed E-state index contributed by atoms with van der Waals surface area (Å²) in [5.41, 5.74) is -1.12. The molecule has 0 N–H and O–H groups in total. The minimum atomic E-state index is -4.58. The van der Waals surface area contributed by atoms with Gasteiger partial charge in [-0.3, -0.25) is 0 Å². The molecule has 0 bridgehead atoms. The monoisotopic (exact) mass is 197 g/mol. The maximum atomic E-state index is 12.0. The fraction of sp³-hybridized carbons (Fsp3) is 0.167. The summed E-state index contributed by atoms with van der Waals surface area (Å²) < 4.78 is 35.9. The zero-order valence-corrected chi connectivity index (χ0v) is 6.36. The third-order valence-corrected chi connectivity index (χ3v) is 1.58. The Bertz CT molecular complexity index is 299. The number of pyridine rings is 1. The van der Waals surface area contributed by atoms with Crippen LogP contribution in [0.2, 0.25) is 5.15 Å². The number of hydrogen-bond donors (Lipinski definition) is 0. The first kappa shape index (κ1) is 9.12. The molecule has 1 aromatic rings. The van der Waals surface area contributed by atoms with Crippen molar-refractivity contribution in [2.75, 3.05) is 0 Å². The highest BCUT2D eigenvalue weighted by molar-refractivity contribution is 6.29. The summed E-state index contributed by atoms with van der Waals surface area (Å²) in [7, 11) is 0. The maximum Gasteiger partial charge on any atom is 0.423 e. The van der Waals surface area contributed by atoms with E-state index in [9.17, 15) is 18.4 Å². The van der Waals surface area contributed by atoms with Crippen molar-refractivity contribution >= 4 is 11.6 Å². The quantitative estimate of drug-likeness (QED) is 0.355. The van der Waals surface area contributed by atoms with Gasteiger partial charge in [0, 0.05) is 6.07 Å². The summed E-state index contributed by atoms with van der Waals surface area (Å²) >= 11 is 5.11. The van der Waals surface area contributed by atoms with Gasteiger partial charge in [-0.15, -0.1) is 0 Å². The molecule has 66 valence electrons. The van der Waals surface area contributed by atoms with Gasteiger partial charge in [0.2, 0.25) is 0 Å². The van der Waals surface area contributed by atoms with Crippen LogP contribution in [0.1, 0.15) is 5.56 Å². The zero-order chi connectivity index (χ0) is 9.35. The van der Waals surface area contributed by atoms with Gasteiger partial charge in [-0.05, 0) is 17.7 Å². The van der Waals surface area contributed by atoms with Crippen LogP contribution < -0.4 is 4.73 Å². The molecule has 1 rings (SSSR count). The summed E-state index contributed by atoms with van der Waals surface area (Å²) in [4.78, 5) is 0. The van der Waals surface area contributed by atoms with E-state index in [2.05, 4.69) is 0 Å². The number of aromatic nitrogens is 1. The molecule has 12 heavy (non-hydrogen) atoms. The first-order valence-electron chi connectivity index (χ1n) is 2.88. The van der Waals surface area contributed by atoms with E-state index in [4.69, 9.17) is 11.6 Å². The SMILES string of the molecule is [O-][n+]1cccc(C(F)(F)F)c1Cl. The van der Waals surface area contributed by atoms with Crippen LogP contribution in [0.25, 0.3) is 0 Å². The predicted molar refractivity (Wildman–Crippen MR) is 35.4 cm³/mol. The highest BCUT2D eigenvalue weighted by atomic mass is 35.5. The lowest BCUT2D eigenvalue weighted by molar-refractivity contribution is -0.604. The molecule has 1 aromatic heterocycles. The van der Waals surface area contributed by atoms with Crippen LogP contribution in [0.4, 0.5) is 13.2 Å². The first-order valence-corrected chi connectivity index (χ1v) is 3.25. The number of halogens is 4. The zero-order valence-electron chi connectivity index (χ0n) is 5.60. The van der Waals surface area contributed by atoms with Crippen LogP contribution in [0.3, 0.4) is 0 Å². The van der Waals surface area contributed by atoms with E-state index in [1.165, 1.54) is 0 Å². The van der Waals surface area contributed by atoms with Gasteiger partial charge in [-0.2, -0.15) is 17.9 Å². The Morgan fingerprint density at radius 1 is 1.42 bits per heavy atom. The molecule has 0 aromatic carbocycles. The van der Waals surface area contributed by atoms with Gasteiger partial charge in [0.05, 0.1) is 0 Å². The van der Waals surface area contributed by atoms with Crippen LogP contribution in [0, 0.1) is 5.21 Å². The summed E-state index contributed by atoms with van der Waals surface area (Å²) in [6.07, 6.45) is -3.68. The molecule has 0 aliphatic carbocycles. The maximum absolute atomic E-state index is 12.0. The summed E-state index contributed by atoms with van der Waals surface area (Å²) in [6, 6.07) is 1.73. The molecule has 0 saturated carbocycles. The van der Waals surface area contributed by atoms with Crippen molar-refractivity contribution in [3.63, 3.8) is 0 Å². The van der Waals surface area contributed by atoms with Gasteiger partial charge in [0.15, 0.2) is 6.20 Å². The van der Waals surface area contributed by atoms with Crippen LogP contribution >= 0.6 is 11.6 Å². The number of rotatable bonds is 0. The third kappa shape index (κ3) is 1.61. The lowest BCUT2D eigenvalue weighted by Gasteiger charge is -2.07. The second-order valence-corrected chi connectivity index (χ2v) is 2.39. The van der Waals surface area contributed by atoms with Crippen LogP contribution in [-0.4, -0.2) is 0 Å². The van der Waals surface area contributed by atoms with Crippen molar-refractivity contribution < 1.29 is 17.9 Å². The van der Waals surface area contributed by atoms with Crippen molar-refractivity contribution in [1.29, 1.82) is 0 Å². The summed E-state index contributed by atoms with van der Waals surface area (Å²) in [5.74, 6) is 0. The molecule has 1 heterocycles. The second kappa shape index (κ2) is 2.82. The molecule has 0 spiro atoms. The predicted octanol–water partition coefficient (Wildman–Crippen LogP) is 1.99. The van der Waals surface area contributed by atoms with Crippen molar-refractivity contribution in [3.05, 3.63) is 34.3 Å². The number of hydrogen-bond acceptors (Lipinski definition) is 1. The fourth-order valence-electron chi connectivity index (χ4n) is 0.682. The van der Waals surface area contributed by atoms with Gasteiger partial charge in [-0.1, -0.05) is 0 Å². The Kier molecular flexibility index (Phi) is 2.14. The van der Waals surface area contributed by atoms with Crippen LogP contribution in [0.5, 0.6) is 0 Å². The molecular weight excluding hydrogens is 195 g/mol. The standard InChI is InChI=1S/C6H3ClF3NO/c7-5-4(6(8,9)10)2-1-3-11(5)12/h1-3H. The second-order valence-electron chi connectivity index (χ2n) is 2.04. The molecular formula is C6H3ClF3NO. The van der Waals surface area contributed by atoms with E-state index >= 15 is 0 Å². The summed E-state index contributed by atoms with van der Waals surface area (Å²) in [6.45, 7) is 0. The number of nitrogens with zero attached hydrogens (tertiary/aromatic N) is 1. The molecule has 0 aliphatic rings. The molecule has 0 fully saturated rings. The first-order chi connectivity index (χ1) is 5.43. The molecule has 6 heteroatoms. The van der Waals surface area contributed by atoms with E-state index in [0.29, 0.717) is 0 Å². The molecule has 0 radical (unpaired) electrons. The normalized spacial score (nSPS) is 11.7. The van der Waals surface area contributed by atoms with Crippen molar-refractivity contribution in [3.8, 4) is 0 Å². The highest BCUT2D eigenvalue weighted by Gasteiger charge is 2.36. The lowest BCUT2D eigenvalue weighted by Crippen LogP contribution is -2.29. The Labute approximate surface area is 70.8 Å². The minimum absolute atomic E-state index is 0.0373. The van der Waals surface area contributed by atoms with Gasteiger partial charge < -0.3 is 5.21 Å². The van der Waals surface area contributed by atoms with Crippen molar-refractivity contribution in [1.82, 2.24) is 0 Å². The Morgan fingerprint density at radius 2 is 2.00 bits per heavy atom. The van der Waals surface area contributed by atoms with E-state index in [1.807, 2.05) is 0 Å². The van der Waals surface area contributed by atoms with Gasteiger partial charge in [0.1, 0.15) is 5.56 Å². The van der Waals surface area contributed by atoms with E-state index in [0.717, 1.165) is 18.3 Å².